The highest BCUT2D eigenvalue weighted by atomic mass is 19.4. The molecule has 2 aromatic rings. The van der Waals surface area contributed by atoms with Crippen molar-refractivity contribution in [2.24, 2.45) is 0 Å². The minimum atomic E-state index is -4.60. The lowest BCUT2D eigenvalue weighted by Crippen LogP contribution is -2.43. The molecule has 0 unspecified atom stereocenters. The van der Waals surface area contributed by atoms with Crippen molar-refractivity contribution in [3.63, 3.8) is 0 Å². The van der Waals surface area contributed by atoms with Crippen molar-refractivity contribution in [3.8, 4) is 11.4 Å². The number of rotatable bonds is 2. The zero-order valence-electron chi connectivity index (χ0n) is 16.2. The zero-order chi connectivity index (χ0) is 20.9. The Kier molecular flexibility index (Phi) is 4.66. The van der Waals surface area contributed by atoms with Gasteiger partial charge in [0.2, 0.25) is 0 Å². The molecular weight excluding hydrogens is 401 g/mol. The molecule has 5 rings (SSSR count). The van der Waals surface area contributed by atoms with Crippen LogP contribution in [-0.2, 0) is 22.1 Å². The predicted molar refractivity (Wildman–Crippen MR) is 103 cm³/mol. The quantitative estimate of drug-likeness (QED) is 0.783. The lowest BCUT2D eigenvalue weighted by atomic mass is 10.1. The highest BCUT2D eigenvalue weighted by molar-refractivity contribution is 5.72. The van der Waals surface area contributed by atoms with Crippen molar-refractivity contribution >= 4 is 17.5 Å². The molecule has 0 spiro atoms. The fourth-order valence-electron chi connectivity index (χ4n) is 4.26. The Hall–Kier alpha value is -2.66. The van der Waals surface area contributed by atoms with E-state index in [1.54, 1.807) is 0 Å². The Morgan fingerprint density at radius 1 is 1.03 bits per heavy atom. The number of aromatic nitrogens is 3. The predicted octanol–water partition coefficient (Wildman–Crippen LogP) is 1.74. The van der Waals surface area contributed by atoms with Gasteiger partial charge >= 0.3 is 6.18 Å². The number of hydrogen-bond acceptors (Lipinski definition) is 8. The fraction of sp³-hybridized carbons (Fsp3) is 0.526. The first-order chi connectivity index (χ1) is 14.4. The molecule has 2 fully saturated rings. The molecule has 30 heavy (non-hydrogen) atoms. The molecule has 11 heteroatoms. The van der Waals surface area contributed by atoms with Crippen LogP contribution in [0.2, 0.25) is 0 Å². The number of hydrogen-bond donors (Lipinski definition) is 1. The van der Waals surface area contributed by atoms with Gasteiger partial charge in [0.05, 0.1) is 43.6 Å². The largest absolute Gasteiger partial charge is 0.417 e. The van der Waals surface area contributed by atoms with E-state index in [9.17, 15) is 13.2 Å². The molecule has 3 aliphatic rings. The van der Waals surface area contributed by atoms with E-state index in [2.05, 4.69) is 24.8 Å². The molecule has 0 radical (unpaired) electrons. The van der Waals surface area contributed by atoms with Crippen LogP contribution in [0.15, 0.2) is 12.3 Å². The Labute approximate surface area is 170 Å². The number of ether oxygens (including phenoxy) is 2. The maximum absolute atomic E-state index is 13.7. The first kappa shape index (κ1) is 19.3. The normalized spacial score (nSPS) is 21.5. The molecule has 160 valence electrons. The van der Waals surface area contributed by atoms with Gasteiger partial charge in [-0.25, -0.2) is 15.0 Å². The average molecular weight is 422 g/mol. The minimum Gasteiger partial charge on any atom is -0.384 e. The van der Waals surface area contributed by atoms with Crippen LogP contribution in [0.1, 0.15) is 11.1 Å². The third-order valence-corrected chi connectivity index (χ3v) is 5.68. The number of nitrogen functional groups attached to an aromatic ring is 1. The second-order valence-corrected chi connectivity index (χ2v) is 7.55. The SMILES string of the molecule is Nc1cc(C(F)(F)F)c(-c2nc(N3CCOCC3)c3c(n2)N2CCOC[C@@H]2C3)cn1. The van der Waals surface area contributed by atoms with Crippen molar-refractivity contribution in [2.75, 3.05) is 61.6 Å². The first-order valence-corrected chi connectivity index (χ1v) is 9.83. The van der Waals surface area contributed by atoms with E-state index >= 15 is 0 Å². The Bertz CT molecular complexity index is 964. The monoisotopic (exact) mass is 422 g/mol. The third kappa shape index (κ3) is 3.31. The van der Waals surface area contributed by atoms with E-state index in [0.717, 1.165) is 17.8 Å². The minimum absolute atomic E-state index is 0.00205. The van der Waals surface area contributed by atoms with Gasteiger partial charge in [0.1, 0.15) is 17.5 Å². The van der Waals surface area contributed by atoms with Gasteiger partial charge in [-0.05, 0) is 6.07 Å². The molecule has 2 N–H and O–H groups in total. The van der Waals surface area contributed by atoms with Gasteiger partial charge in [-0.3, -0.25) is 0 Å². The molecule has 0 amide bonds. The molecule has 0 bridgehead atoms. The summed E-state index contributed by atoms with van der Waals surface area (Å²) in [5, 5.41) is 0. The molecule has 8 nitrogen and oxygen atoms in total. The molecule has 1 atom stereocenters. The summed E-state index contributed by atoms with van der Waals surface area (Å²) >= 11 is 0. The summed E-state index contributed by atoms with van der Waals surface area (Å²) in [6.07, 6.45) is -2.79. The standard InChI is InChI=1S/C19H21F3N6O2/c20-19(21,22)14-8-15(23)24-9-13(14)16-25-17(27-1-4-29-5-2-27)12-7-11-10-30-6-3-28(11)18(12)26-16/h8-9,11H,1-7,10H2,(H2,23,24)/t11-/m0/s1. The van der Waals surface area contributed by atoms with Gasteiger partial charge in [0.25, 0.3) is 0 Å². The summed E-state index contributed by atoms with van der Waals surface area (Å²) in [6.45, 7) is 4.09. The van der Waals surface area contributed by atoms with Crippen LogP contribution in [0.3, 0.4) is 0 Å². The number of fused-ring (bicyclic) bond motifs is 3. The number of halogens is 3. The molecular formula is C19H21F3N6O2. The molecule has 3 aliphatic heterocycles. The average Bonchev–Trinajstić information content (AvgIpc) is 3.12. The molecule has 2 saturated heterocycles. The van der Waals surface area contributed by atoms with Crippen LogP contribution in [0.25, 0.3) is 11.4 Å². The number of morpholine rings is 2. The van der Waals surface area contributed by atoms with Crippen LogP contribution >= 0.6 is 0 Å². The fourth-order valence-corrected chi connectivity index (χ4v) is 4.26. The van der Waals surface area contributed by atoms with E-state index in [0.29, 0.717) is 64.1 Å². The van der Waals surface area contributed by atoms with E-state index in [1.807, 2.05) is 0 Å². The van der Waals surface area contributed by atoms with Crippen molar-refractivity contribution in [1.29, 1.82) is 0 Å². The first-order valence-electron chi connectivity index (χ1n) is 9.83. The van der Waals surface area contributed by atoms with Gasteiger partial charge in [-0.2, -0.15) is 13.2 Å². The van der Waals surface area contributed by atoms with Crippen molar-refractivity contribution < 1.29 is 22.6 Å². The maximum atomic E-state index is 13.7. The van der Waals surface area contributed by atoms with E-state index in [4.69, 9.17) is 15.2 Å². The summed E-state index contributed by atoms with van der Waals surface area (Å²) in [7, 11) is 0. The van der Waals surface area contributed by atoms with Crippen LogP contribution in [-0.4, -0.2) is 67.1 Å². The second kappa shape index (κ2) is 7.24. The topological polar surface area (TPSA) is 89.6 Å². The van der Waals surface area contributed by atoms with Crippen LogP contribution in [0, 0.1) is 0 Å². The maximum Gasteiger partial charge on any atom is 0.417 e. The Morgan fingerprint density at radius 2 is 1.77 bits per heavy atom. The summed E-state index contributed by atoms with van der Waals surface area (Å²) in [5.41, 5.74) is 5.42. The molecule has 0 aliphatic carbocycles. The molecule has 0 saturated carbocycles. The highest BCUT2D eigenvalue weighted by Crippen LogP contribution is 2.42. The number of alkyl halides is 3. The van der Waals surface area contributed by atoms with Crippen LogP contribution < -0.4 is 15.5 Å². The van der Waals surface area contributed by atoms with Gasteiger partial charge in [0, 0.05) is 37.8 Å². The number of nitrogens with zero attached hydrogens (tertiary/aromatic N) is 5. The van der Waals surface area contributed by atoms with Crippen molar-refractivity contribution in [1.82, 2.24) is 15.0 Å². The summed E-state index contributed by atoms with van der Waals surface area (Å²) in [5.74, 6) is 1.15. The van der Waals surface area contributed by atoms with Gasteiger partial charge in [0.15, 0.2) is 5.82 Å². The highest BCUT2D eigenvalue weighted by Gasteiger charge is 2.39. The van der Waals surface area contributed by atoms with Crippen LogP contribution in [0.5, 0.6) is 0 Å². The van der Waals surface area contributed by atoms with Crippen molar-refractivity contribution in [3.05, 3.63) is 23.4 Å². The smallest absolute Gasteiger partial charge is 0.384 e. The lowest BCUT2D eigenvalue weighted by Gasteiger charge is -2.31. The zero-order valence-corrected chi connectivity index (χ0v) is 16.2. The summed E-state index contributed by atoms with van der Waals surface area (Å²) < 4.78 is 52.2. The molecule has 2 aromatic heterocycles. The number of nitrogens with two attached hydrogens (primary N) is 1. The van der Waals surface area contributed by atoms with E-state index in [-0.39, 0.29) is 23.2 Å². The molecule has 0 aromatic carbocycles. The Balaban J connectivity index is 1.68. The van der Waals surface area contributed by atoms with Gasteiger partial charge in [-0.1, -0.05) is 0 Å². The molecule has 5 heterocycles. The number of anilines is 3. The van der Waals surface area contributed by atoms with Crippen molar-refractivity contribution in [2.45, 2.75) is 18.6 Å². The van der Waals surface area contributed by atoms with Gasteiger partial charge in [-0.15, -0.1) is 0 Å². The van der Waals surface area contributed by atoms with E-state index in [1.165, 1.54) is 0 Å². The second-order valence-electron chi connectivity index (χ2n) is 7.55. The lowest BCUT2D eigenvalue weighted by molar-refractivity contribution is -0.137. The van der Waals surface area contributed by atoms with Crippen LogP contribution in [0.4, 0.5) is 30.6 Å². The van der Waals surface area contributed by atoms with E-state index < -0.39 is 11.7 Å². The summed E-state index contributed by atoms with van der Waals surface area (Å²) in [6, 6.07) is 0.947. The Morgan fingerprint density at radius 3 is 2.53 bits per heavy atom. The summed E-state index contributed by atoms with van der Waals surface area (Å²) in [4.78, 5) is 17.3. The third-order valence-electron chi connectivity index (χ3n) is 5.68. The number of pyridine rings is 1. The van der Waals surface area contributed by atoms with Gasteiger partial charge < -0.3 is 25.0 Å².